The molecule has 0 unspecified atom stereocenters. The first-order chi connectivity index (χ1) is 10.6. The number of nitrogens with one attached hydrogen (secondary N) is 1. The van der Waals surface area contributed by atoms with E-state index in [4.69, 9.17) is 9.47 Å². The molecule has 22 heavy (non-hydrogen) atoms. The van der Waals surface area contributed by atoms with E-state index >= 15 is 0 Å². The van der Waals surface area contributed by atoms with Gasteiger partial charge in [0.15, 0.2) is 0 Å². The number of hydrogen-bond acceptors (Lipinski definition) is 5. The van der Waals surface area contributed by atoms with Crippen LogP contribution in [0.1, 0.15) is 13.8 Å². The molecule has 0 aliphatic carbocycles. The van der Waals surface area contributed by atoms with E-state index in [0.29, 0.717) is 18.2 Å². The largest absolute Gasteiger partial charge is 0.457 e. The van der Waals surface area contributed by atoms with Crippen molar-refractivity contribution in [3.05, 3.63) is 34.9 Å². The normalized spacial score (nSPS) is 30.7. The maximum atomic E-state index is 11.7. The van der Waals surface area contributed by atoms with E-state index in [0.717, 1.165) is 43.9 Å². The van der Waals surface area contributed by atoms with Crippen molar-refractivity contribution in [1.82, 2.24) is 10.2 Å². The van der Waals surface area contributed by atoms with Gasteiger partial charge in [0, 0.05) is 37.8 Å². The van der Waals surface area contributed by atoms with Crippen LogP contribution in [0, 0.1) is 0 Å². The third kappa shape index (κ3) is 2.76. The quantitative estimate of drug-likeness (QED) is 0.790. The van der Waals surface area contributed by atoms with Gasteiger partial charge >= 0.3 is 5.97 Å². The molecule has 0 spiro atoms. The zero-order chi connectivity index (χ0) is 15.7. The molecule has 0 amide bonds. The summed E-state index contributed by atoms with van der Waals surface area (Å²) in [5.74, 6) is -0.274. The van der Waals surface area contributed by atoms with Gasteiger partial charge in [-0.05, 0) is 25.0 Å². The number of ether oxygens (including phenoxy) is 2. The molecular formula is C17H24N2O3. The van der Waals surface area contributed by atoms with Crippen molar-refractivity contribution in [2.24, 2.45) is 0 Å². The fourth-order valence-corrected chi connectivity index (χ4v) is 3.38. The van der Waals surface area contributed by atoms with E-state index < -0.39 is 0 Å². The van der Waals surface area contributed by atoms with E-state index in [1.807, 2.05) is 6.92 Å². The second kappa shape index (κ2) is 6.36. The molecule has 0 aromatic carbocycles. The highest BCUT2D eigenvalue weighted by molar-refractivity contribution is 5.95. The van der Waals surface area contributed by atoms with Crippen LogP contribution in [-0.4, -0.2) is 62.4 Å². The minimum absolute atomic E-state index is 0.0867. The third-order valence-corrected chi connectivity index (χ3v) is 4.99. The van der Waals surface area contributed by atoms with Crippen molar-refractivity contribution < 1.29 is 14.3 Å². The molecule has 3 aliphatic heterocycles. The zero-order valence-corrected chi connectivity index (χ0v) is 13.4. The number of carbonyl (C=O) groups is 1. The SMILES string of the molecule is C=CC1=C(/C(C)=C(\C)[C@H]2CN3CCNC[C@@H]3CO2)COC1=O. The number of rotatable bonds is 3. The van der Waals surface area contributed by atoms with E-state index in [1.165, 1.54) is 5.57 Å². The van der Waals surface area contributed by atoms with Crippen LogP contribution < -0.4 is 5.32 Å². The summed E-state index contributed by atoms with van der Waals surface area (Å²) in [6, 6.07) is 0.484. The molecule has 0 saturated carbocycles. The zero-order valence-electron chi connectivity index (χ0n) is 13.4. The number of esters is 1. The molecule has 3 rings (SSSR count). The van der Waals surface area contributed by atoms with Crippen molar-refractivity contribution >= 4 is 5.97 Å². The van der Waals surface area contributed by atoms with Crippen LogP contribution in [0.15, 0.2) is 34.9 Å². The van der Waals surface area contributed by atoms with E-state index in [2.05, 4.69) is 23.7 Å². The highest BCUT2D eigenvalue weighted by atomic mass is 16.5. The summed E-state index contributed by atoms with van der Waals surface area (Å²) in [5.41, 5.74) is 3.82. The lowest BCUT2D eigenvalue weighted by atomic mass is 9.95. The molecule has 0 aromatic rings. The summed E-state index contributed by atoms with van der Waals surface area (Å²) in [6.07, 6.45) is 1.68. The molecule has 120 valence electrons. The molecule has 2 fully saturated rings. The van der Waals surface area contributed by atoms with Crippen LogP contribution in [0.3, 0.4) is 0 Å². The smallest absolute Gasteiger partial charge is 0.338 e. The first-order valence-corrected chi connectivity index (χ1v) is 7.88. The highest BCUT2D eigenvalue weighted by Gasteiger charge is 2.33. The van der Waals surface area contributed by atoms with Crippen molar-refractivity contribution in [3.8, 4) is 0 Å². The Hall–Kier alpha value is -1.43. The predicted octanol–water partition coefficient (Wildman–Crippen LogP) is 1.03. The van der Waals surface area contributed by atoms with Crippen LogP contribution >= 0.6 is 0 Å². The Kier molecular flexibility index (Phi) is 4.47. The van der Waals surface area contributed by atoms with Gasteiger partial charge in [-0.15, -0.1) is 0 Å². The first-order valence-electron chi connectivity index (χ1n) is 7.88. The van der Waals surface area contributed by atoms with Crippen LogP contribution in [-0.2, 0) is 14.3 Å². The molecule has 3 aliphatic rings. The van der Waals surface area contributed by atoms with Gasteiger partial charge in [-0.3, -0.25) is 4.90 Å². The summed E-state index contributed by atoms with van der Waals surface area (Å²) < 4.78 is 11.2. The molecule has 0 radical (unpaired) electrons. The Bertz CT molecular complexity index is 550. The number of hydrogen-bond donors (Lipinski definition) is 1. The number of fused-ring (bicyclic) bond motifs is 1. The Morgan fingerprint density at radius 3 is 3.05 bits per heavy atom. The highest BCUT2D eigenvalue weighted by Crippen LogP contribution is 2.29. The maximum Gasteiger partial charge on any atom is 0.338 e. The number of piperazine rings is 1. The van der Waals surface area contributed by atoms with Gasteiger partial charge in [-0.2, -0.15) is 0 Å². The second-order valence-electron chi connectivity index (χ2n) is 6.16. The maximum absolute atomic E-state index is 11.7. The summed E-state index contributed by atoms with van der Waals surface area (Å²) in [5, 5.41) is 3.41. The van der Waals surface area contributed by atoms with E-state index in [1.54, 1.807) is 6.08 Å². The summed E-state index contributed by atoms with van der Waals surface area (Å²) in [4.78, 5) is 14.2. The number of carbonyl (C=O) groups excluding carboxylic acids is 1. The third-order valence-electron chi connectivity index (χ3n) is 4.99. The molecule has 3 heterocycles. The van der Waals surface area contributed by atoms with Crippen molar-refractivity contribution in [2.75, 3.05) is 39.4 Å². The van der Waals surface area contributed by atoms with Crippen molar-refractivity contribution in [1.29, 1.82) is 0 Å². The Balaban J connectivity index is 1.80. The van der Waals surface area contributed by atoms with Crippen molar-refractivity contribution in [3.63, 3.8) is 0 Å². The van der Waals surface area contributed by atoms with Gasteiger partial charge in [0.25, 0.3) is 0 Å². The fraction of sp³-hybridized carbons (Fsp3) is 0.588. The lowest BCUT2D eigenvalue weighted by Gasteiger charge is -2.43. The van der Waals surface area contributed by atoms with Crippen LogP contribution in [0.25, 0.3) is 0 Å². The molecule has 0 bridgehead atoms. The Morgan fingerprint density at radius 1 is 1.45 bits per heavy atom. The molecule has 1 N–H and O–H groups in total. The summed E-state index contributed by atoms with van der Waals surface area (Å²) >= 11 is 0. The Morgan fingerprint density at radius 2 is 2.27 bits per heavy atom. The average molecular weight is 304 g/mol. The average Bonchev–Trinajstić information content (AvgIpc) is 2.93. The number of nitrogens with zero attached hydrogens (tertiary/aromatic N) is 1. The standard InChI is InChI=1S/C17H24N2O3/c1-4-14-15(10-22-17(14)20)11(2)12(3)16-8-19-6-5-18-7-13(19)9-21-16/h4,13,16,18H,1,5-10H2,2-3H3/b12-11+/t13-,16-/m1/s1. The fourth-order valence-electron chi connectivity index (χ4n) is 3.38. The van der Waals surface area contributed by atoms with Gasteiger partial charge < -0.3 is 14.8 Å². The topological polar surface area (TPSA) is 50.8 Å². The lowest BCUT2D eigenvalue weighted by Crippen LogP contribution is -2.59. The molecule has 2 saturated heterocycles. The molecule has 2 atom stereocenters. The van der Waals surface area contributed by atoms with Gasteiger partial charge in [0.2, 0.25) is 0 Å². The van der Waals surface area contributed by atoms with E-state index in [-0.39, 0.29) is 12.1 Å². The first kappa shape index (κ1) is 15.5. The number of cyclic esters (lactones) is 1. The second-order valence-corrected chi connectivity index (χ2v) is 6.16. The van der Waals surface area contributed by atoms with Crippen LogP contribution in [0.4, 0.5) is 0 Å². The monoisotopic (exact) mass is 304 g/mol. The van der Waals surface area contributed by atoms with Gasteiger partial charge in [0.05, 0.1) is 18.3 Å². The minimum Gasteiger partial charge on any atom is -0.457 e. The minimum atomic E-state index is -0.274. The van der Waals surface area contributed by atoms with Crippen LogP contribution in [0.5, 0.6) is 0 Å². The lowest BCUT2D eigenvalue weighted by molar-refractivity contribution is -0.135. The summed E-state index contributed by atoms with van der Waals surface area (Å²) in [6.45, 7) is 13.0. The Labute approximate surface area is 131 Å². The molecule has 5 heteroatoms. The number of morpholine rings is 1. The molecule has 5 nitrogen and oxygen atoms in total. The van der Waals surface area contributed by atoms with Gasteiger partial charge in [-0.25, -0.2) is 4.79 Å². The van der Waals surface area contributed by atoms with Crippen LogP contribution in [0.2, 0.25) is 0 Å². The van der Waals surface area contributed by atoms with Gasteiger partial charge in [0.1, 0.15) is 6.61 Å². The summed E-state index contributed by atoms with van der Waals surface area (Å²) in [7, 11) is 0. The molecule has 0 aromatic heterocycles. The molecular weight excluding hydrogens is 280 g/mol. The van der Waals surface area contributed by atoms with E-state index in [9.17, 15) is 4.79 Å². The van der Waals surface area contributed by atoms with Gasteiger partial charge in [-0.1, -0.05) is 12.7 Å². The predicted molar refractivity (Wildman–Crippen MR) is 84.5 cm³/mol. The van der Waals surface area contributed by atoms with Crippen molar-refractivity contribution in [2.45, 2.75) is 26.0 Å².